The average molecular weight is 617 g/mol. The van der Waals surface area contributed by atoms with Gasteiger partial charge in [-0.3, -0.25) is 14.7 Å². The van der Waals surface area contributed by atoms with Crippen LogP contribution in [0.25, 0.3) is 33.1 Å². The first-order chi connectivity index (χ1) is 21.3. The number of nitrogen functional groups attached to an aromatic ring is 1. The van der Waals surface area contributed by atoms with Gasteiger partial charge in [0.2, 0.25) is 5.91 Å². The molecule has 228 valence electrons. The van der Waals surface area contributed by atoms with Gasteiger partial charge >= 0.3 is 6.01 Å². The SMILES string of the molecule is C=CC(=O)N1CCC(N(C)c2nc(OCC34CCCN3CCC4)nc3c(F)c(-c4nc(N)cc5cccc(Cl)c45)ncc23)C1. The van der Waals surface area contributed by atoms with Crippen LogP contribution in [0.4, 0.5) is 16.0 Å². The second-order valence-corrected chi connectivity index (χ2v) is 12.4. The number of fused-ring (bicyclic) bond motifs is 3. The van der Waals surface area contributed by atoms with E-state index in [0.717, 1.165) is 50.6 Å². The van der Waals surface area contributed by atoms with Crippen molar-refractivity contribution in [3.8, 4) is 17.4 Å². The standard InChI is InChI=1S/C32H34ClFN8O2/c1-3-24(43)41-14-9-20(17-41)40(2)30-21-16-36-29(28-25-19(15-23(35)37-28)7-4-8-22(25)33)26(34)27(21)38-31(39-30)44-18-32-10-5-12-42(32)13-6-11-32/h3-4,7-8,15-16,20H,1,5-6,9-14,17-18H2,2H3,(H2,35,37). The van der Waals surface area contributed by atoms with Gasteiger partial charge in [0, 0.05) is 37.8 Å². The lowest BCUT2D eigenvalue weighted by atomic mass is 9.95. The summed E-state index contributed by atoms with van der Waals surface area (Å²) in [5.41, 5.74) is 6.37. The number of anilines is 2. The smallest absolute Gasteiger partial charge is 0.319 e. The molecule has 2 N–H and O–H groups in total. The van der Waals surface area contributed by atoms with Crippen LogP contribution in [0.15, 0.2) is 43.1 Å². The largest absolute Gasteiger partial charge is 0.461 e. The Bertz CT molecular complexity index is 1790. The molecule has 3 aliphatic rings. The summed E-state index contributed by atoms with van der Waals surface area (Å²) in [6.45, 7) is 7.26. The van der Waals surface area contributed by atoms with E-state index >= 15 is 4.39 Å². The van der Waals surface area contributed by atoms with Gasteiger partial charge in [0.15, 0.2) is 5.82 Å². The van der Waals surface area contributed by atoms with Crippen LogP contribution in [-0.4, -0.2) is 87.1 Å². The Balaban J connectivity index is 1.34. The molecule has 3 fully saturated rings. The molecule has 3 aliphatic heterocycles. The summed E-state index contributed by atoms with van der Waals surface area (Å²) in [5, 5.41) is 2.12. The van der Waals surface area contributed by atoms with Gasteiger partial charge in [-0.15, -0.1) is 0 Å². The second kappa shape index (κ2) is 11.1. The lowest BCUT2D eigenvalue weighted by Crippen LogP contribution is -2.43. The summed E-state index contributed by atoms with van der Waals surface area (Å²) in [5.74, 6) is -0.0797. The number of halogens is 2. The number of nitrogens with zero attached hydrogens (tertiary/aromatic N) is 7. The zero-order valence-corrected chi connectivity index (χ0v) is 25.4. The molecular formula is C32H34ClFN8O2. The molecule has 4 aromatic rings. The third-order valence-corrected chi connectivity index (χ3v) is 9.82. The van der Waals surface area contributed by atoms with E-state index in [9.17, 15) is 4.79 Å². The number of likely N-dealkylation sites (N-methyl/N-ethyl adjacent to an activating group) is 1. The molecule has 6 heterocycles. The molecule has 1 unspecified atom stereocenters. The Morgan fingerprint density at radius 3 is 2.80 bits per heavy atom. The number of amides is 1. The number of rotatable bonds is 7. The highest BCUT2D eigenvalue weighted by molar-refractivity contribution is 6.36. The molecule has 1 atom stereocenters. The second-order valence-electron chi connectivity index (χ2n) is 12.0. The molecule has 0 radical (unpaired) electrons. The lowest BCUT2D eigenvalue weighted by Gasteiger charge is -2.31. The fraction of sp³-hybridized carbons (Fsp3) is 0.406. The first-order valence-electron chi connectivity index (χ1n) is 15.0. The predicted molar refractivity (Wildman–Crippen MR) is 169 cm³/mol. The Labute approximate surface area is 259 Å². The normalized spacial score (nSPS) is 19.5. The molecule has 3 saturated heterocycles. The van der Waals surface area contributed by atoms with Crippen molar-refractivity contribution in [3.63, 3.8) is 0 Å². The van der Waals surface area contributed by atoms with Crippen LogP contribution < -0.4 is 15.4 Å². The van der Waals surface area contributed by atoms with Gasteiger partial charge in [-0.25, -0.2) is 9.37 Å². The zero-order chi connectivity index (χ0) is 30.6. The van der Waals surface area contributed by atoms with Crippen molar-refractivity contribution >= 4 is 50.8 Å². The van der Waals surface area contributed by atoms with Crippen LogP contribution >= 0.6 is 11.6 Å². The van der Waals surface area contributed by atoms with Crippen molar-refractivity contribution in [2.75, 3.05) is 50.5 Å². The minimum atomic E-state index is -0.667. The third-order valence-electron chi connectivity index (χ3n) is 9.51. The monoisotopic (exact) mass is 616 g/mol. The molecule has 0 aliphatic carbocycles. The van der Waals surface area contributed by atoms with Gasteiger partial charge in [-0.2, -0.15) is 9.97 Å². The summed E-state index contributed by atoms with van der Waals surface area (Å²) in [4.78, 5) is 36.9. The van der Waals surface area contributed by atoms with E-state index in [0.29, 0.717) is 41.3 Å². The van der Waals surface area contributed by atoms with Crippen LogP contribution in [0, 0.1) is 5.82 Å². The zero-order valence-electron chi connectivity index (χ0n) is 24.6. The van der Waals surface area contributed by atoms with Crippen molar-refractivity contribution in [2.24, 2.45) is 0 Å². The van der Waals surface area contributed by atoms with E-state index in [2.05, 4.69) is 26.4 Å². The number of nitrogens with two attached hydrogens (primary N) is 1. The topological polar surface area (TPSA) is 114 Å². The van der Waals surface area contributed by atoms with Gasteiger partial charge in [0.25, 0.3) is 0 Å². The van der Waals surface area contributed by atoms with Crippen molar-refractivity contribution in [2.45, 2.75) is 43.7 Å². The fourth-order valence-corrected chi connectivity index (χ4v) is 7.47. The van der Waals surface area contributed by atoms with Gasteiger partial charge in [0.05, 0.1) is 15.9 Å². The minimum absolute atomic E-state index is 0.0128. The van der Waals surface area contributed by atoms with Crippen LogP contribution in [-0.2, 0) is 4.79 Å². The van der Waals surface area contributed by atoms with Gasteiger partial charge in [0.1, 0.15) is 35.1 Å². The minimum Gasteiger partial charge on any atom is -0.461 e. The maximum absolute atomic E-state index is 16.7. The number of pyridine rings is 2. The number of aromatic nitrogens is 4. The number of benzene rings is 1. The number of carbonyl (C=O) groups excluding carboxylic acids is 1. The molecule has 12 heteroatoms. The number of ether oxygens (including phenoxy) is 1. The van der Waals surface area contributed by atoms with Crippen LogP contribution in [0.2, 0.25) is 5.02 Å². The number of carbonyl (C=O) groups is 1. The van der Waals surface area contributed by atoms with E-state index in [4.69, 9.17) is 27.1 Å². The number of likely N-dealkylation sites (tertiary alicyclic amines) is 1. The molecule has 0 spiro atoms. The first kappa shape index (κ1) is 28.7. The molecule has 44 heavy (non-hydrogen) atoms. The quantitative estimate of drug-likeness (QED) is 0.291. The molecule has 0 bridgehead atoms. The fourth-order valence-electron chi connectivity index (χ4n) is 7.20. The average Bonchev–Trinajstić information content (AvgIpc) is 3.76. The highest BCUT2D eigenvalue weighted by Gasteiger charge is 2.45. The van der Waals surface area contributed by atoms with Gasteiger partial charge < -0.3 is 20.3 Å². The number of hydrogen-bond donors (Lipinski definition) is 1. The highest BCUT2D eigenvalue weighted by atomic mass is 35.5. The van der Waals surface area contributed by atoms with E-state index in [-0.39, 0.29) is 46.2 Å². The van der Waals surface area contributed by atoms with Crippen molar-refractivity contribution in [1.29, 1.82) is 0 Å². The van der Waals surface area contributed by atoms with Crippen molar-refractivity contribution < 1.29 is 13.9 Å². The summed E-state index contributed by atoms with van der Waals surface area (Å²) in [6.07, 6.45) is 7.98. The highest BCUT2D eigenvalue weighted by Crippen LogP contribution is 2.40. The molecular weight excluding hydrogens is 583 g/mol. The molecule has 10 nitrogen and oxygen atoms in total. The molecule has 7 rings (SSSR count). The Morgan fingerprint density at radius 1 is 1.23 bits per heavy atom. The van der Waals surface area contributed by atoms with E-state index in [1.807, 2.05) is 18.0 Å². The summed E-state index contributed by atoms with van der Waals surface area (Å²) in [7, 11) is 1.89. The van der Waals surface area contributed by atoms with E-state index < -0.39 is 5.82 Å². The summed E-state index contributed by atoms with van der Waals surface area (Å²) < 4.78 is 23.0. The first-order valence-corrected chi connectivity index (χ1v) is 15.4. The van der Waals surface area contributed by atoms with Gasteiger partial charge in [-0.05, 0) is 68.8 Å². The van der Waals surface area contributed by atoms with Crippen LogP contribution in [0.3, 0.4) is 0 Å². The van der Waals surface area contributed by atoms with Gasteiger partial charge in [-0.1, -0.05) is 30.3 Å². The maximum Gasteiger partial charge on any atom is 0.319 e. The Kier molecular flexibility index (Phi) is 7.25. The van der Waals surface area contributed by atoms with Crippen LogP contribution in [0.5, 0.6) is 6.01 Å². The number of hydrogen-bond acceptors (Lipinski definition) is 9. The van der Waals surface area contributed by atoms with Crippen molar-refractivity contribution in [3.05, 3.63) is 54.0 Å². The van der Waals surface area contributed by atoms with E-state index in [1.165, 1.54) is 6.08 Å². The maximum atomic E-state index is 16.7. The predicted octanol–water partition coefficient (Wildman–Crippen LogP) is 4.85. The van der Waals surface area contributed by atoms with E-state index in [1.54, 1.807) is 29.3 Å². The lowest BCUT2D eigenvalue weighted by molar-refractivity contribution is -0.125. The van der Waals surface area contributed by atoms with Crippen LogP contribution in [0.1, 0.15) is 32.1 Å². The summed E-state index contributed by atoms with van der Waals surface area (Å²) >= 11 is 6.57. The summed E-state index contributed by atoms with van der Waals surface area (Å²) in [6, 6.07) is 7.12. The Hall–Kier alpha value is -4.09. The molecule has 0 saturated carbocycles. The molecule has 1 aromatic carbocycles. The third kappa shape index (κ3) is 4.78. The van der Waals surface area contributed by atoms with Crippen molar-refractivity contribution in [1.82, 2.24) is 29.7 Å². The molecule has 1 amide bonds. The Morgan fingerprint density at radius 2 is 2.02 bits per heavy atom. The molecule has 3 aromatic heterocycles.